The van der Waals surface area contributed by atoms with Crippen molar-refractivity contribution in [3.63, 3.8) is 0 Å². The highest BCUT2D eigenvalue weighted by Gasteiger charge is 2.28. The number of benzene rings is 2. The lowest BCUT2D eigenvalue weighted by molar-refractivity contribution is -0.123. The van der Waals surface area contributed by atoms with Gasteiger partial charge in [0.2, 0.25) is 10.0 Å². The van der Waals surface area contributed by atoms with Crippen LogP contribution in [0, 0.1) is 0 Å². The van der Waals surface area contributed by atoms with Gasteiger partial charge in [-0.25, -0.2) is 8.42 Å². The van der Waals surface area contributed by atoms with Gasteiger partial charge in [0.05, 0.1) is 10.0 Å². The molecular weight excluding hydrogens is 465 g/mol. The molecule has 3 rings (SSSR count). The van der Waals surface area contributed by atoms with Crippen LogP contribution in [-0.4, -0.2) is 44.2 Å². The minimum Gasteiger partial charge on any atom is -0.482 e. The van der Waals surface area contributed by atoms with Crippen molar-refractivity contribution in [1.29, 1.82) is 0 Å². The number of halogens is 2. The number of ether oxygens (including phenoxy) is 1. The van der Waals surface area contributed by atoms with E-state index in [0.29, 0.717) is 23.9 Å². The summed E-state index contributed by atoms with van der Waals surface area (Å²) in [7, 11) is -3.82. The summed E-state index contributed by atoms with van der Waals surface area (Å²) in [6.45, 7) is 0.451. The highest BCUT2D eigenvalue weighted by molar-refractivity contribution is 7.89. The third-order valence-corrected chi connectivity index (χ3v) is 7.33. The van der Waals surface area contributed by atoms with E-state index in [-0.39, 0.29) is 22.1 Å². The van der Waals surface area contributed by atoms with E-state index in [4.69, 9.17) is 27.9 Å². The van der Waals surface area contributed by atoms with Crippen LogP contribution in [0.3, 0.4) is 0 Å². The van der Waals surface area contributed by atoms with E-state index in [9.17, 15) is 18.0 Å². The van der Waals surface area contributed by atoms with Crippen LogP contribution in [-0.2, 0) is 14.8 Å². The van der Waals surface area contributed by atoms with Crippen molar-refractivity contribution in [2.24, 2.45) is 0 Å². The van der Waals surface area contributed by atoms with Crippen molar-refractivity contribution in [3.05, 3.63) is 58.1 Å². The normalized spacial score (nSPS) is 14.6. The van der Waals surface area contributed by atoms with Gasteiger partial charge < -0.3 is 4.74 Å². The molecule has 0 aromatic heterocycles. The number of hydrogen-bond donors (Lipinski definition) is 2. The Morgan fingerprint density at radius 3 is 2.39 bits per heavy atom. The molecule has 2 N–H and O–H groups in total. The van der Waals surface area contributed by atoms with Crippen molar-refractivity contribution in [3.8, 4) is 5.75 Å². The maximum Gasteiger partial charge on any atom is 0.276 e. The molecule has 0 spiro atoms. The highest BCUT2D eigenvalue weighted by Crippen LogP contribution is 2.28. The number of nitrogens with zero attached hydrogens (tertiary/aromatic N) is 1. The lowest BCUT2D eigenvalue weighted by Crippen LogP contribution is -2.44. The highest BCUT2D eigenvalue weighted by atomic mass is 35.5. The molecule has 1 heterocycles. The number of sulfonamides is 1. The second-order valence-electron chi connectivity index (χ2n) is 6.83. The van der Waals surface area contributed by atoms with Gasteiger partial charge in [-0.3, -0.25) is 20.4 Å². The Morgan fingerprint density at radius 2 is 1.68 bits per heavy atom. The van der Waals surface area contributed by atoms with E-state index in [1.807, 2.05) is 0 Å². The average Bonchev–Trinajstić information content (AvgIpc) is 2.77. The fourth-order valence-electron chi connectivity index (χ4n) is 3.03. The quantitative estimate of drug-likeness (QED) is 0.611. The Bertz CT molecular complexity index is 1070. The van der Waals surface area contributed by atoms with E-state index >= 15 is 0 Å². The largest absolute Gasteiger partial charge is 0.482 e. The first-order valence-electron chi connectivity index (χ1n) is 9.55. The van der Waals surface area contributed by atoms with Gasteiger partial charge in [0.15, 0.2) is 6.61 Å². The number of hydrogen-bond acceptors (Lipinski definition) is 5. The van der Waals surface area contributed by atoms with Crippen molar-refractivity contribution in [2.75, 3.05) is 19.7 Å². The van der Waals surface area contributed by atoms with Crippen LogP contribution in [0.15, 0.2) is 47.4 Å². The van der Waals surface area contributed by atoms with Crippen LogP contribution in [0.25, 0.3) is 0 Å². The first kappa shape index (κ1) is 23.3. The minimum absolute atomic E-state index is 0.0271. The average molecular weight is 486 g/mol. The summed E-state index contributed by atoms with van der Waals surface area (Å²) in [5.74, 6) is -0.989. The van der Waals surface area contributed by atoms with Crippen LogP contribution in [0.1, 0.15) is 29.6 Å². The zero-order valence-electron chi connectivity index (χ0n) is 16.4. The third kappa shape index (κ3) is 5.88. The summed E-state index contributed by atoms with van der Waals surface area (Å²) < 4.78 is 32.5. The van der Waals surface area contributed by atoms with E-state index in [2.05, 4.69) is 10.9 Å². The first-order valence-corrected chi connectivity index (χ1v) is 11.7. The zero-order valence-corrected chi connectivity index (χ0v) is 18.8. The van der Waals surface area contributed by atoms with Crippen LogP contribution in [0.5, 0.6) is 5.75 Å². The SMILES string of the molecule is O=C(COc1ccccc1Cl)NNC(=O)c1ccc(Cl)c(S(=O)(=O)N2CCCCC2)c1. The van der Waals surface area contributed by atoms with E-state index in [0.717, 1.165) is 19.3 Å². The van der Waals surface area contributed by atoms with Crippen LogP contribution in [0.2, 0.25) is 10.0 Å². The van der Waals surface area contributed by atoms with E-state index < -0.39 is 21.8 Å². The molecule has 0 atom stereocenters. The molecule has 8 nitrogen and oxygen atoms in total. The van der Waals surface area contributed by atoms with Crippen LogP contribution >= 0.6 is 23.2 Å². The summed E-state index contributed by atoms with van der Waals surface area (Å²) in [5.41, 5.74) is 4.47. The molecule has 2 aromatic rings. The number of nitrogens with one attached hydrogen (secondary N) is 2. The molecule has 1 fully saturated rings. The molecule has 0 bridgehead atoms. The molecule has 0 radical (unpaired) electrons. The lowest BCUT2D eigenvalue weighted by atomic mass is 10.2. The van der Waals surface area contributed by atoms with Crippen molar-refractivity contribution in [1.82, 2.24) is 15.2 Å². The maximum absolute atomic E-state index is 12.9. The van der Waals surface area contributed by atoms with Crippen LogP contribution < -0.4 is 15.6 Å². The number of hydrazine groups is 1. The Kier molecular flexibility index (Phi) is 7.77. The lowest BCUT2D eigenvalue weighted by Gasteiger charge is -2.26. The zero-order chi connectivity index (χ0) is 22.4. The third-order valence-electron chi connectivity index (χ3n) is 4.64. The minimum atomic E-state index is -3.82. The molecule has 31 heavy (non-hydrogen) atoms. The molecule has 1 saturated heterocycles. The van der Waals surface area contributed by atoms with Crippen molar-refractivity contribution in [2.45, 2.75) is 24.2 Å². The Balaban J connectivity index is 1.62. The first-order chi connectivity index (χ1) is 14.8. The Morgan fingerprint density at radius 1 is 0.968 bits per heavy atom. The second-order valence-corrected chi connectivity index (χ2v) is 9.55. The summed E-state index contributed by atoms with van der Waals surface area (Å²) in [6, 6.07) is 10.6. The van der Waals surface area contributed by atoms with E-state index in [1.54, 1.807) is 24.3 Å². The van der Waals surface area contributed by atoms with Gasteiger partial charge in [0.1, 0.15) is 10.6 Å². The van der Waals surface area contributed by atoms with Gasteiger partial charge in [-0.05, 0) is 43.2 Å². The molecule has 0 aliphatic carbocycles. The number of rotatable bonds is 6. The molecule has 0 saturated carbocycles. The van der Waals surface area contributed by atoms with Gasteiger partial charge in [0.25, 0.3) is 11.8 Å². The van der Waals surface area contributed by atoms with Gasteiger partial charge >= 0.3 is 0 Å². The smallest absolute Gasteiger partial charge is 0.276 e. The fourth-order valence-corrected chi connectivity index (χ4v) is 5.23. The second kappa shape index (κ2) is 10.3. The van der Waals surface area contributed by atoms with Gasteiger partial charge in [0, 0.05) is 18.7 Å². The summed E-state index contributed by atoms with van der Waals surface area (Å²) >= 11 is 12.1. The predicted molar refractivity (Wildman–Crippen MR) is 117 cm³/mol. The standard InChI is InChI=1S/C20H21Cl2N3O5S/c21-15-6-2-3-7-17(15)30-13-19(26)23-24-20(27)14-8-9-16(22)18(12-14)31(28,29)25-10-4-1-5-11-25/h2-3,6-9,12H,1,4-5,10-11,13H2,(H,23,26)(H,24,27). The summed E-state index contributed by atoms with van der Waals surface area (Å²) in [6.07, 6.45) is 2.53. The molecule has 1 aliphatic rings. The topological polar surface area (TPSA) is 105 Å². The van der Waals surface area contributed by atoms with Crippen LogP contribution in [0.4, 0.5) is 0 Å². The molecule has 1 aliphatic heterocycles. The number of carbonyl (C=O) groups is 2. The molecule has 0 unspecified atom stereocenters. The van der Waals surface area contributed by atoms with Gasteiger partial charge in [-0.1, -0.05) is 41.8 Å². The molecule has 2 amide bonds. The monoisotopic (exact) mass is 485 g/mol. The summed E-state index contributed by atoms with van der Waals surface area (Å²) in [4.78, 5) is 24.2. The van der Waals surface area contributed by atoms with E-state index in [1.165, 1.54) is 22.5 Å². The van der Waals surface area contributed by atoms with Crippen molar-refractivity contribution >= 4 is 45.0 Å². The Hall–Kier alpha value is -2.33. The number of piperidine rings is 1. The molecule has 11 heteroatoms. The van der Waals surface area contributed by atoms with Gasteiger partial charge in [-0.2, -0.15) is 4.31 Å². The molecule has 166 valence electrons. The number of carbonyl (C=O) groups excluding carboxylic acids is 2. The van der Waals surface area contributed by atoms with Gasteiger partial charge in [-0.15, -0.1) is 0 Å². The number of para-hydroxylation sites is 1. The molecular formula is C20H21Cl2N3O5S. The predicted octanol–water partition coefficient (Wildman–Crippen LogP) is 3.01. The summed E-state index contributed by atoms with van der Waals surface area (Å²) in [5, 5.41) is 0.377. The Labute approximate surface area is 190 Å². The van der Waals surface area contributed by atoms with Crippen molar-refractivity contribution < 1.29 is 22.7 Å². The number of amides is 2. The fraction of sp³-hybridized carbons (Fsp3) is 0.300. The molecule has 2 aromatic carbocycles. The maximum atomic E-state index is 12.9.